The largest absolute Gasteiger partial charge is 0.479 e. The Morgan fingerprint density at radius 1 is 1.32 bits per heavy atom. The highest BCUT2D eigenvalue weighted by atomic mass is 35.5. The van der Waals surface area contributed by atoms with Crippen LogP contribution in [-0.4, -0.2) is 37.0 Å². The Labute approximate surface area is 151 Å². The first-order valence-corrected chi connectivity index (χ1v) is 8.05. The summed E-state index contributed by atoms with van der Waals surface area (Å²) in [5, 5.41) is 0.439. The number of methoxy groups -OCH3 is 1. The van der Waals surface area contributed by atoms with Crippen LogP contribution in [0.3, 0.4) is 0 Å². The molecule has 0 aliphatic heterocycles. The number of carbonyl (C=O) groups excluding carboxylic acids is 2. The third-order valence-electron chi connectivity index (χ3n) is 3.63. The van der Waals surface area contributed by atoms with Gasteiger partial charge in [-0.1, -0.05) is 23.7 Å². The van der Waals surface area contributed by atoms with E-state index >= 15 is 0 Å². The molecule has 0 aliphatic rings. The Morgan fingerprint density at radius 3 is 2.64 bits per heavy atom. The van der Waals surface area contributed by atoms with Crippen LogP contribution in [0.5, 0.6) is 5.75 Å². The highest BCUT2D eigenvalue weighted by molar-refractivity contribution is 6.32. The summed E-state index contributed by atoms with van der Waals surface area (Å²) in [6.45, 7) is 3.52. The molecule has 2 rings (SSSR count). The Hall–Kier alpha value is -2.47. The number of furan rings is 1. The molecule has 1 aromatic heterocycles. The van der Waals surface area contributed by atoms with Crippen LogP contribution >= 0.6 is 11.6 Å². The van der Waals surface area contributed by atoms with Gasteiger partial charge < -0.3 is 18.8 Å². The van der Waals surface area contributed by atoms with Gasteiger partial charge in [0.05, 0.1) is 18.7 Å². The minimum atomic E-state index is -0.721. The summed E-state index contributed by atoms with van der Waals surface area (Å²) in [6.07, 6.45) is -0.721. The fraction of sp³-hybridized carbons (Fsp3) is 0.333. The molecule has 0 saturated heterocycles. The standard InChI is InChI=1S/C18H20ClNO5/c1-11-14(18(22)23-4)9-13(24-11)10-20(3)17(21)12(2)25-16-8-6-5-7-15(16)19/h5-9,12H,10H2,1-4H3. The molecule has 2 aromatic rings. The summed E-state index contributed by atoms with van der Waals surface area (Å²) in [5.41, 5.74) is 0.346. The molecule has 1 atom stereocenters. The van der Waals surface area contributed by atoms with E-state index in [0.29, 0.717) is 27.9 Å². The number of hydrogen-bond acceptors (Lipinski definition) is 5. The second kappa shape index (κ2) is 8.07. The van der Waals surface area contributed by atoms with Gasteiger partial charge in [-0.2, -0.15) is 0 Å². The van der Waals surface area contributed by atoms with Crippen LogP contribution in [0, 0.1) is 6.92 Å². The van der Waals surface area contributed by atoms with Gasteiger partial charge in [-0.15, -0.1) is 0 Å². The number of halogens is 1. The Kier molecular flexibility index (Phi) is 6.09. The molecule has 134 valence electrons. The lowest BCUT2D eigenvalue weighted by Gasteiger charge is -2.21. The molecule has 6 nitrogen and oxygen atoms in total. The van der Waals surface area contributed by atoms with Crippen LogP contribution < -0.4 is 4.74 Å². The monoisotopic (exact) mass is 365 g/mol. The number of benzene rings is 1. The van der Waals surface area contributed by atoms with Gasteiger partial charge in [-0.25, -0.2) is 4.79 Å². The van der Waals surface area contributed by atoms with E-state index in [4.69, 9.17) is 20.8 Å². The van der Waals surface area contributed by atoms with E-state index in [1.165, 1.54) is 12.0 Å². The van der Waals surface area contributed by atoms with Crippen LogP contribution in [0.4, 0.5) is 0 Å². The van der Waals surface area contributed by atoms with Gasteiger partial charge in [-0.3, -0.25) is 4.79 Å². The molecule has 0 saturated carbocycles. The second-order valence-corrected chi connectivity index (χ2v) is 5.97. The van der Waals surface area contributed by atoms with Crippen LogP contribution in [-0.2, 0) is 16.1 Å². The first kappa shape index (κ1) is 18.9. The maximum atomic E-state index is 12.5. The van der Waals surface area contributed by atoms with Crippen LogP contribution in [0.2, 0.25) is 5.02 Å². The minimum absolute atomic E-state index is 0.201. The minimum Gasteiger partial charge on any atom is -0.479 e. The molecule has 1 heterocycles. The summed E-state index contributed by atoms with van der Waals surface area (Å²) < 4.78 is 15.8. The normalized spacial score (nSPS) is 11.7. The molecule has 1 unspecified atom stereocenters. The van der Waals surface area contributed by atoms with Crippen molar-refractivity contribution in [1.82, 2.24) is 4.90 Å². The maximum absolute atomic E-state index is 12.5. The fourth-order valence-electron chi connectivity index (χ4n) is 2.34. The van der Waals surface area contributed by atoms with Crippen molar-refractivity contribution in [2.24, 2.45) is 0 Å². The van der Waals surface area contributed by atoms with Crippen molar-refractivity contribution in [3.63, 3.8) is 0 Å². The lowest BCUT2D eigenvalue weighted by atomic mass is 10.2. The molecule has 0 bridgehead atoms. The van der Waals surface area contributed by atoms with Gasteiger partial charge in [0.25, 0.3) is 5.91 Å². The van der Waals surface area contributed by atoms with E-state index in [9.17, 15) is 9.59 Å². The zero-order valence-corrected chi connectivity index (χ0v) is 15.3. The quantitative estimate of drug-likeness (QED) is 0.733. The molecule has 1 amide bonds. The van der Waals surface area contributed by atoms with Gasteiger partial charge in [0, 0.05) is 7.05 Å². The summed E-state index contributed by atoms with van der Waals surface area (Å²) in [4.78, 5) is 25.5. The number of esters is 1. The molecule has 1 aromatic carbocycles. The lowest BCUT2D eigenvalue weighted by molar-refractivity contribution is -0.137. The fourth-order valence-corrected chi connectivity index (χ4v) is 2.52. The Bertz CT molecular complexity index is 771. The van der Waals surface area contributed by atoms with Crippen molar-refractivity contribution in [2.75, 3.05) is 14.2 Å². The van der Waals surface area contributed by atoms with Crippen LogP contribution in [0.25, 0.3) is 0 Å². The Morgan fingerprint density at radius 2 is 2.00 bits per heavy atom. The number of ether oxygens (including phenoxy) is 2. The van der Waals surface area contributed by atoms with E-state index in [-0.39, 0.29) is 12.5 Å². The number of carbonyl (C=O) groups is 2. The molecule has 0 fully saturated rings. The third-order valence-corrected chi connectivity index (χ3v) is 3.94. The number of likely N-dealkylation sites (N-methyl/N-ethyl adjacent to an activating group) is 1. The molecule has 7 heteroatoms. The van der Waals surface area contributed by atoms with E-state index in [1.807, 2.05) is 0 Å². The second-order valence-electron chi connectivity index (χ2n) is 5.56. The molecule has 25 heavy (non-hydrogen) atoms. The Balaban J connectivity index is 2.02. The summed E-state index contributed by atoms with van der Waals surface area (Å²) in [5.74, 6) is 0.660. The molecule has 0 N–H and O–H groups in total. The highest BCUT2D eigenvalue weighted by Crippen LogP contribution is 2.24. The first-order valence-electron chi connectivity index (χ1n) is 7.67. The van der Waals surface area contributed by atoms with Gasteiger partial charge in [0.15, 0.2) is 6.10 Å². The first-order chi connectivity index (χ1) is 11.8. The van der Waals surface area contributed by atoms with Crippen molar-refractivity contribution in [3.05, 3.63) is 52.4 Å². The predicted octanol–water partition coefficient (Wildman–Crippen LogP) is 3.45. The van der Waals surface area contributed by atoms with Gasteiger partial charge >= 0.3 is 5.97 Å². The van der Waals surface area contributed by atoms with E-state index < -0.39 is 12.1 Å². The summed E-state index contributed by atoms with van der Waals surface area (Å²) >= 11 is 6.04. The number of hydrogen-bond donors (Lipinski definition) is 0. The zero-order chi connectivity index (χ0) is 18.6. The van der Waals surface area contributed by atoms with Crippen molar-refractivity contribution >= 4 is 23.5 Å². The number of nitrogens with zero attached hydrogens (tertiary/aromatic N) is 1. The van der Waals surface area contributed by atoms with E-state index in [0.717, 1.165) is 0 Å². The van der Waals surface area contributed by atoms with Crippen molar-refractivity contribution < 1.29 is 23.5 Å². The number of rotatable bonds is 6. The smallest absolute Gasteiger partial charge is 0.341 e. The number of aryl methyl sites for hydroxylation is 1. The lowest BCUT2D eigenvalue weighted by Crippen LogP contribution is -2.37. The SMILES string of the molecule is COC(=O)c1cc(CN(C)C(=O)C(C)Oc2ccccc2Cl)oc1C. The molecular formula is C18H20ClNO5. The number of para-hydroxylation sites is 1. The van der Waals surface area contributed by atoms with E-state index in [2.05, 4.69) is 4.74 Å². The zero-order valence-electron chi connectivity index (χ0n) is 14.5. The van der Waals surface area contributed by atoms with Crippen molar-refractivity contribution in [2.45, 2.75) is 26.5 Å². The van der Waals surface area contributed by atoms with E-state index in [1.54, 1.807) is 51.2 Å². The molecule has 0 spiro atoms. The highest BCUT2D eigenvalue weighted by Gasteiger charge is 2.22. The molecule has 0 aliphatic carbocycles. The summed E-state index contributed by atoms with van der Waals surface area (Å²) in [6, 6.07) is 8.53. The third kappa shape index (κ3) is 4.54. The average Bonchev–Trinajstić information content (AvgIpc) is 2.95. The van der Waals surface area contributed by atoms with Gasteiger partial charge in [0.1, 0.15) is 22.8 Å². The molecule has 0 radical (unpaired) electrons. The van der Waals surface area contributed by atoms with Gasteiger partial charge in [0.2, 0.25) is 0 Å². The summed E-state index contributed by atoms with van der Waals surface area (Å²) in [7, 11) is 2.93. The van der Waals surface area contributed by atoms with Gasteiger partial charge in [-0.05, 0) is 32.0 Å². The number of amides is 1. The maximum Gasteiger partial charge on any atom is 0.341 e. The van der Waals surface area contributed by atoms with Crippen molar-refractivity contribution in [3.8, 4) is 5.75 Å². The predicted molar refractivity (Wildman–Crippen MR) is 92.8 cm³/mol. The topological polar surface area (TPSA) is 69.0 Å². The van der Waals surface area contributed by atoms with Crippen LogP contribution in [0.15, 0.2) is 34.7 Å². The van der Waals surface area contributed by atoms with Crippen molar-refractivity contribution in [1.29, 1.82) is 0 Å². The van der Waals surface area contributed by atoms with Crippen LogP contribution in [0.1, 0.15) is 28.8 Å². The average molecular weight is 366 g/mol. The molecular weight excluding hydrogens is 346 g/mol.